The van der Waals surface area contributed by atoms with Crippen molar-refractivity contribution >= 4 is 26.2 Å². The van der Waals surface area contributed by atoms with Crippen LogP contribution in [0.1, 0.15) is 0 Å². The number of nitrogens with zero attached hydrogens (tertiary/aromatic N) is 2. The van der Waals surface area contributed by atoms with Crippen LogP contribution in [0.2, 0.25) is 0 Å². The first-order chi connectivity index (χ1) is 4.91. The van der Waals surface area contributed by atoms with Crippen LogP contribution < -0.4 is 0 Å². The molecule has 1 rings (SSSR count). The zero-order valence-corrected chi connectivity index (χ0v) is 7.85. The molecule has 1 aromatic rings. The van der Waals surface area contributed by atoms with Crippen molar-refractivity contribution in [1.82, 2.24) is 9.78 Å². The summed E-state index contributed by atoms with van der Waals surface area (Å²) in [5, 5.41) is 3.14. The second kappa shape index (κ2) is 2.56. The summed E-state index contributed by atoms with van der Waals surface area (Å²) in [4.78, 5) is 0. The monoisotopic (exact) mass is 242 g/mol. The Bertz CT molecular complexity index is 371. The summed E-state index contributed by atoms with van der Waals surface area (Å²) in [5.41, 5.74) is 0. The summed E-state index contributed by atoms with van der Waals surface area (Å²) in [7, 11) is -3.30. The zero-order chi connectivity index (χ0) is 8.65. The van der Waals surface area contributed by atoms with Gasteiger partial charge in [0, 0.05) is 13.1 Å². The van der Waals surface area contributed by atoms with Gasteiger partial charge in [0.25, 0.3) is 0 Å². The number of hydrogen-bond donors (Lipinski definition) is 0. The molecule has 0 radical (unpaired) electrons. The summed E-state index contributed by atoms with van der Waals surface area (Å²) >= 11 is 2.91. The lowest BCUT2D eigenvalue weighted by Crippen LogP contribution is -2.01. The molecule has 62 valence electrons. The summed E-state index contributed by atoms with van der Waals surface area (Å²) in [5.74, 6) is 0. The minimum atomic E-state index is -4.64. The van der Waals surface area contributed by atoms with E-state index < -0.39 is 15.2 Å². The van der Waals surface area contributed by atoms with E-state index in [-0.39, 0.29) is 4.60 Å². The van der Waals surface area contributed by atoms with Crippen molar-refractivity contribution in [3.05, 3.63) is 10.7 Å². The average Bonchev–Trinajstić information content (AvgIpc) is 2.08. The predicted molar refractivity (Wildman–Crippen MR) is 39.2 cm³/mol. The third kappa shape index (κ3) is 1.78. The summed E-state index contributed by atoms with van der Waals surface area (Å²) in [6.45, 7) is 0. The lowest BCUT2D eigenvalue weighted by atomic mass is 10.7. The van der Waals surface area contributed by atoms with Crippen LogP contribution in [-0.4, -0.2) is 18.2 Å². The maximum atomic E-state index is 12.3. The average molecular weight is 243 g/mol. The molecular weight excluding hydrogens is 239 g/mol. The highest BCUT2D eigenvalue weighted by molar-refractivity contribution is 9.10. The molecule has 0 aromatic carbocycles. The van der Waals surface area contributed by atoms with E-state index in [1.807, 2.05) is 0 Å². The lowest BCUT2D eigenvalue weighted by molar-refractivity contribution is 0.534. The molecule has 7 heteroatoms. The number of rotatable bonds is 1. The molecule has 1 heterocycles. The summed E-state index contributed by atoms with van der Waals surface area (Å²) < 4.78 is 34.2. The Morgan fingerprint density at radius 3 is 2.45 bits per heavy atom. The standard InChI is InChI=1S/C4H4BrFN2O2S/c1-8-4(11(6,9)10)2-3(5)7-8/h2H,1H3. The van der Waals surface area contributed by atoms with Gasteiger partial charge in [0.2, 0.25) is 0 Å². The maximum absolute atomic E-state index is 12.3. The Morgan fingerprint density at radius 2 is 2.27 bits per heavy atom. The van der Waals surface area contributed by atoms with Gasteiger partial charge < -0.3 is 0 Å². The molecular formula is C4H4BrFN2O2S. The van der Waals surface area contributed by atoms with E-state index >= 15 is 0 Å². The van der Waals surface area contributed by atoms with Crippen molar-refractivity contribution in [3.63, 3.8) is 0 Å². The molecule has 0 saturated heterocycles. The maximum Gasteiger partial charge on any atom is 0.349 e. The van der Waals surface area contributed by atoms with Gasteiger partial charge in [-0.25, -0.2) is 0 Å². The van der Waals surface area contributed by atoms with Gasteiger partial charge in [0.1, 0.15) is 4.60 Å². The fourth-order valence-corrected chi connectivity index (χ4v) is 1.86. The second-order valence-corrected chi connectivity index (χ2v) is 3.97. The SMILES string of the molecule is Cn1nc(Br)cc1S(=O)(=O)F. The molecule has 0 atom stereocenters. The molecule has 11 heavy (non-hydrogen) atoms. The minimum absolute atomic E-state index is 0.288. The first kappa shape index (κ1) is 8.66. The smallest absolute Gasteiger partial charge is 0.254 e. The highest BCUT2D eigenvalue weighted by Gasteiger charge is 2.17. The molecule has 0 aliphatic rings. The second-order valence-electron chi connectivity index (χ2n) is 1.87. The topological polar surface area (TPSA) is 52.0 Å². The van der Waals surface area contributed by atoms with Gasteiger partial charge in [-0.1, -0.05) is 3.89 Å². The van der Waals surface area contributed by atoms with Gasteiger partial charge in [0.05, 0.1) is 0 Å². The highest BCUT2D eigenvalue weighted by atomic mass is 79.9. The van der Waals surface area contributed by atoms with Crippen molar-refractivity contribution in [2.24, 2.45) is 7.05 Å². The first-order valence-electron chi connectivity index (χ1n) is 2.55. The number of halogens is 2. The Hall–Kier alpha value is -0.430. The number of aromatic nitrogens is 2. The van der Waals surface area contributed by atoms with E-state index in [0.29, 0.717) is 0 Å². The lowest BCUT2D eigenvalue weighted by Gasteiger charge is -1.91. The molecule has 0 unspecified atom stereocenters. The van der Waals surface area contributed by atoms with Crippen LogP contribution in [0.25, 0.3) is 0 Å². The van der Waals surface area contributed by atoms with Gasteiger partial charge in [-0.2, -0.15) is 13.5 Å². The quantitative estimate of drug-likeness (QED) is 0.687. The molecule has 0 aliphatic heterocycles. The van der Waals surface area contributed by atoms with Crippen LogP contribution in [0.5, 0.6) is 0 Å². The van der Waals surface area contributed by atoms with E-state index in [9.17, 15) is 12.3 Å². The van der Waals surface area contributed by atoms with E-state index in [1.54, 1.807) is 0 Å². The van der Waals surface area contributed by atoms with Crippen molar-refractivity contribution in [2.45, 2.75) is 5.03 Å². The van der Waals surface area contributed by atoms with Crippen molar-refractivity contribution < 1.29 is 12.3 Å². The van der Waals surface area contributed by atoms with Crippen LogP contribution in [0.15, 0.2) is 15.7 Å². The molecule has 0 amide bonds. The fourth-order valence-electron chi connectivity index (χ4n) is 0.645. The molecule has 0 aliphatic carbocycles. The van der Waals surface area contributed by atoms with Crippen LogP contribution in [0, 0.1) is 0 Å². The Kier molecular flexibility index (Phi) is 2.02. The van der Waals surface area contributed by atoms with E-state index in [4.69, 9.17) is 0 Å². The predicted octanol–water partition coefficient (Wildman–Crippen LogP) is 0.841. The van der Waals surface area contributed by atoms with Gasteiger partial charge >= 0.3 is 10.2 Å². The number of hydrogen-bond acceptors (Lipinski definition) is 3. The summed E-state index contributed by atoms with van der Waals surface area (Å²) in [6, 6.07) is 1.09. The molecule has 0 N–H and O–H groups in total. The van der Waals surface area contributed by atoms with Crippen LogP contribution in [-0.2, 0) is 17.3 Å². The largest absolute Gasteiger partial charge is 0.349 e. The van der Waals surface area contributed by atoms with E-state index in [1.165, 1.54) is 7.05 Å². The van der Waals surface area contributed by atoms with Gasteiger partial charge in [-0.3, -0.25) is 4.68 Å². The van der Waals surface area contributed by atoms with Crippen LogP contribution in [0.4, 0.5) is 3.89 Å². The van der Waals surface area contributed by atoms with E-state index in [0.717, 1.165) is 10.7 Å². The van der Waals surface area contributed by atoms with Gasteiger partial charge in [-0.05, 0) is 15.9 Å². The molecule has 0 spiro atoms. The molecule has 1 aromatic heterocycles. The highest BCUT2D eigenvalue weighted by Crippen LogP contribution is 2.15. The minimum Gasteiger partial charge on any atom is -0.254 e. The third-order valence-electron chi connectivity index (χ3n) is 1.06. The molecule has 0 bridgehead atoms. The van der Waals surface area contributed by atoms with Crippen molar-refractivity contribution in [1.29, 1.82) is 0 Å². The normalized spacial score (nSPS) is 11.9. The number of aryl methyl sites for hydroxylation is 1. The third-order valence-corrected chi connectivity index (χ3v) is 2.33. The van der Waals surface area contributed by atoms with Crippen LogP contribution >= 0.6 is 15.9 Å². The zero-order valence-electron chi connectivity index (χ0n) is 5.45. The molecule has 0 fully saturated rings. The van der Waals surface area contributed by atoms with E-state index in [2.05, 4.69) is 21.0 Å². The Morgan fingerprint density at radius 1 is 1.73 bits per heavy atom. The summed E-state index contributed by atoms with van der Waals surface area (Å²) in [6.07, 6.45) is 0. The van der Waals surface area contributed by atoms with Gasteiger partial charge in [0.15, 0.2) is 5.03 Å². The van der Waals surface area contributed by atoms with Crippen molar-refractivity contribution in [3.8, 4) is 0 Å². The van der Waals surface area contributed by atoms with Crippen LogP contribution in [0.3, 0.4) is 0 Å². The fraction of sp³-hybridized carbons (Fsp3) is 0.250. The van der Waals surface area contributed by atoms with Crippen molar-refractivity contribution in [2.75, 3.05) is 0 Å². The Labute approximate surface area is 71.4 Å². The molecule has 0 saturated carbocycles. The Balaban J connectivity index is 3.36. The first-order valence-corrected chi connectivity index (χ1v) is 4.73. The van der Waals surface area contributed by atoms with Gasteiger partial charge in [-0.15, -0.1) is 0 Å². The molecule has 4 nitrogen and oxygen atoms in total.